The molecular formula is C25H19F2N5O4. The summed E-state index contributed by atoms with van der Waals surface area (Å²) in [5.41, 5.74) is 1.20. The molecule has 182 valence electrons. The van der Waals surface area contributed by atoms with Crippen LogP contribution in [0.5, 0.6) is 5.75 Å². The van der Waals surface area contributed by atoms with E-state index in [1.165, 1.54) is 10.8 Å². The van der Waals surface area contributed by atoms with Crippen LogP contribution in [0.4, 0.5) is 8.78 Å². The molecule has 3 aromatic heterocycles. The van der Waals surface area contributed by atoms with Crippen LogP contribution < -0.4 is 16.0 Å². The van der Waals surface area contributed by atoms with Crippen LogP contribution in [0.3, 0.4) is 0 Å². The molecule has 0 fully saturated rings. The van der Waals surface area contributed by atoms with Gasteiger partial charge in [0.25, 0.3) is 11.4 Å². The lowest BCUT2D eigenvalue weighted by Crippen LogP contribution is -2.40. The van der Waals surface area contributed by atoms with Crippen LogP contribution in [0, 0.1) is 0 Å². The van der Waals surface area contributed by atoms with E-state index in [9.17, 15) is 18.4 Å². The van der Waals surface area contributed by atoms with Gasteiger partial charge in [-0.2, -0.15) is 8.78 Å². The normalized spacial score (nSPS) is 11.3. The first-order chi connectivity index (χ1) is 17.4. The zero-order chi connectivity index (χ0) is 25.2. The molecule has 9 nitrogen and oxygen atoms in total. The highest BCUT2D eigenvalue weighted by molar-refractivity contribution is 5.78. The summed E-state index contributed by atoms with van der Waals surface area (Å²) in [7, 11) is 1.58. The number of methoxy groups -OCH3 is 1. The third-order valence-corrected chi connectivity index (χ3v) is 5.65. The average molecular weight is 491 g/mol. The molecule has 36 heavy (non-hydrogen) atoms. The Kier molecular flexibility index (Phi) is 6.11. The van der Waals surface area contributed by atoms with Gasteiger partial charge in [-0.3, -0.25) is 18.9 Å². The molecule has 0 amide bonds. The van der Waals surface area contributed by atoms with Gasteiger partial charge in [0.15, 0.2) is 0 Å². The van der Waals surface area contributed by atoms with Crippen LogP contribution in [-0.2, 0) is 13.1 Å². The molecule has 0 aliphatic rings. The Hall–Kier alpha value is -4.67. The Morgan fingerprint density at radius 2 is 1.72 bits per heavy atom. The van der Waals surface area contributed by atoms with Crippen LogP contribution in [0.1, 0.15) is 23.6 Å². The van der Waals surface area contributed by atoms with Crippen LogP contribution in [0.2, 0.25) is 0 Å². The molecule has 0 unspecified atom stereocenters. The summed E-state index contributed by atoms with van der Waals surface area (Å²) >= 11 is 0. The first kappa shape index (κ1) is 23.1. The van der Waals surface area contributed by atoms with Crippen molar-refractivity contribution in [3.63, 3.8) is 0 Å². The van der Waals surface area contributed by atoms with Crippen LogP contribution in [0.15, 0.2) is 80.9 Å². The summed E-state index contributed by atoms with van der Waals surface area (Å²) in [6.45, 7) is 0.164. The van der Waals surface area contributed by atoms with E-state index in [1.54, 1.807) is 55.6 Å². The number of halogens is 2. The molecule has 0 bridgehead atoms. The number of hydrogen-bond acceptors (Lipinski definition) is 7. The van der Waals surface area contributed by atoms with Crippen molar-refractivity contribution in [3.05, 3.63) is 105 Å². The second-order valence-corrected chi connectivity index (χ2v) is 7.91. The molecule has 2 aromatic carbocycles. The lowest BCUT2D eigenvalue weighted by atomic mass is 10.2. The number of rotatable bonds is 7. The smallest absolute Gasteiger partial charge is 0.332 e. The van der Waals surface area contributed by atoms with E-state index in [-0.39, 0.29) is 19.0 Å². The van der Waals surface area contributed by atoms with E-state index in [2.05, 4.69) is 15.2 Å². The summed E-state index contributed by atoms with van der Waals surface area (Å²) in [6.07, 6.45) is -1.52. The molecule has 0 aliphatic heterocycles. The topological polar surface area (TPSA) is 105 Å². The van der Waals surface area contributed by atoms with Crippen LogP contribution in [0.25, 0.3) is 22.4 Å². The fourth-order valence-corrected chi connectivity index (χ4v) is 3.82. The van der Waals surface area contributed by atoms with Crippen molar-refractivity contribution in [2.24, 2.45) is 0 Å². The van der Waals surface area contributed by atoms with Crippen LogP contribution in [-0.4, -0.2) is 31.4 Å². The Morgan fingerprint density at radius 1 is 0.944 bits per heavy atom. The van der Waals surface area contributed by atoms with Gasteiger partial charge in [0.1, 0.15) is 5.75 Å². The number of hydrogen-bond donors (Lipinski definition) is 0. The second-order valence-electron chi connectivity index (χ2n) is 7.91. The number of ether oxygens (including phenoxy) is 1. The molecule has 5 rings (SSSR count). The number of fused-ring (bicyclic) bond motifs is 1. The minimum atomic E-state index is -2.88. The van der Waals surface area contributed by atoms with Gasteiger partial charge in [-0.15, -0.1) is 10.2 Å². The van der Waals surface area contributed by atoms with Crippen molar-refractivity contribution in [2.75, 3.05) is 7.11 Å². The van der Waals surface area contributed by atoms with Gasteiger partial charge in [0.05, 0.1) is 42.4 Å². The Morgan fingerprint density at radius 3 is 2.39 bits per heavy atom. The number of aromatic nitrogens is 5. The predicted molar refractivity (Wildman–Crippen MR) is 126 cm³/mol. The first-order valence-corrected chi connectivity index (χ1v) is 10.9. The summed E-state index contributed by atoms with van der Waals surface area (Å²) in [5.74, 6) is -0.190. The lowest BCUT2D eigenvalue weighted by molar-refractivity contribution is 0.116. The van der Waals surface area contributed by atoms with Crippen molar-refractivity contribution in [2.45, 2.75) is 19.5 Å². The molecule has 0 spiro atoms. The van der Waals surface area contributed by atoms with Gasteiger partial charge in [-0.1, -0.05) is 24.3 Å². The summed E-state index contributed by atoms with van der Waals surface area (Å²) < 4.78 is 38.2. The highest BCUT2D eigenvalue weighted by Gasteiger charge is 2.18. The fourth-order valence-electron chi connectivity index (χ4n) is 3.82. The van der Waals surface area contributed by atoms with Crippen LogP contribution >= 0.6 is 0 Å². The van der Waals surface area contributed by atoms with Gasteiger partial charge in [0, 0.05) is 6.20 Å². The van der Waals surface area contributed by atoms with Crippen molar-refractivity contribution in [1.29, 1.82) is 0 Å². The monoisotopic (exact) mass is 491 g/mol. The van der Waals surface area contributed by atoms with E-state index in [1.807, 2.05) is 12.1 Å². The third kappa shape index (κ3) is 4.38. The first-order valence-electron chi connectivity index (χ1n) is 10.9. The number of benzene rings is 2. The molecule has 0 saturated heterocycles. The van der Waals surface area contributed by atoms with Gasteiger partial charge in [-0.05, 0) is 42.0 Å². The molecule has 0 atom stereocenters. The predicted octanol–water partition coefficient (Wildman–Crippen LogP) is 3.65. The SMILES string of the molecule is COc1ccc(Cn2c(=O)n(Cc3ccc(-c4nnc(C(F)F)o4)cn3)c(=O)c3ccccc32)cc1. The lowest BCUT2D eigenvalue weighted by Gasteiger charge is -2.14. The molecule has 0 N–H and O–H groups in total. The quantitative estimate of drug-likeness (QED) is 0.342. The summed E-state index contributed by atoms with van der Waals surface area (Å²) in [4.78, 5) is 30.9. The van der Waals surface area contributed by atoms with Gasteiger partial charge >= 0.3 is 12.1 Å². The van der Waals surface area contributed by atoms with Crippen molar-refractivity contribution in [3.8, 4) is 17.2 Å². The fraction of sp³-hybridized carbons (Fsp3) is 0.160. The number of para-hydroxylation sites is 1. The van der Waals surface area contributed by atoms with E-state index >= 15 is 0 Å². The highest BCUT2D eigenvalue weighted by Crippen LogP contribution is 2.23. The number of nitrogens with zero attached hydrogens (tertiary/aromatic N) is 5. The average Bonchev–Trinajstić information content (AvgIpc) is 3.41. The summed E-state index contributed by atoms with van der Waals surface area (Å²) in [6, 6.07) is 17.3. The molecule has 0 saturated carbocycles. The van der Waals surface area contributed by atoms with E-state index in [0.29, 0.717) is 27.9 Å². The molecule has 5 aromatic rings. The largest absolute Gasteiger partial charge is 0.497 e. The van der Waals surface area contributed by atoms with E-state index in [0.717, 1.165) is 10.1 Å². The van der Waals surface area contributed by atoms with Gasteiger partial charge in [0.2, 0.25) is 5.89 Å². The Labute approximate surface area is 202 Å². The Balaban J connectivity index is 1.51. The minimum absolute atomic E-state index is 0.0858. The van der Waals surface area contributed by atoms with Crippen molar-refractivity contribution in [1.82, 2.24) is 24.3 Å². The minimum Gasteiger partial charge on any atom is -0.497 e. The third-order valence-electron chi connectivity index (χ3n) is 5.65. The zero-order valence-electron chi connectivity index (χ0n) is 19.0. The standard InChI is InChI=1S/C25H19F2N5O4/c1-35-18-10-6-15(7-11-18)13-31-20-5-3-2-4-19(20)24(33)32(25(31)34)14-17-9-8-16(12-28-17)22-29-30-23(36-22)21(26)27/h2-12,21H,13-14H2,1H3. The van der Waals surface area contributed by atoms with Crippen molar-refractivity contribution < 1.29 is 17.9 Å². The zero-order valence-corrected chi connectivity index (χ0v) is 19.0. The van der Waals surface area contributed by atoms with Gasteiger partial charge in [-0.25, -0.2) is 4.79 Å². The van der Waals surface area contributed by atoms with E-state index < -0.39 is 23.6 Å². The molecule has 0 aliphatic carbocycles. The molecule has 11 heteroatoms. The maximum atomic E-state index is 13.5. The summed E-state index contributed by atoms with van der Waals surface area (Å²) in [5, 5.41) is 7.29. The van der Waals surface area contributed by atoms with Gasteiger partial charge < -0.3 is 9.15 Å². The number of pyridine rings is 1. The van der Waals surface area contributed by atoms with E-state index in [4.69, 9.17) is 9.15 Å². The van der Waals surface area contributed by atoms with Crippen molar-refractivity contribution >= 4 is 10.9 Å². The number of alkyl halides is 2. The second kappa shape index (κ2) is 9.53. The maximum Gasteiger partial charge on any atom is 0.332 e. The molecular weight excluding hydrogens is 472 g/mol. The molecule has 3 heterocycles. The Bertz CT molecular complexity index is 1640. The molecule has 0 radical (unpaired) electrons. The highest BCUT2D eigenvalue weighted by atomic mass is 19.3. The maximum absolute atomic E-state index is 13.5.